The zero-order valence-electron chi connectivity index (χ0n) is 18.8. The third kappa shape index (κ3) is 5.05. The molecule has 1 aliphatic carbocycles. The lowest BCUT2D eigenvalue weighted by molar-refractivity contribution is 0.0175. The second kappa shape index (κ2) is 10.2. The lowest BCUT2D eigenvalue weighted by Gasteiger charge is -2.28. The molecule has 1 aromatic carbocycles. The molecule has 1 aliphatic heterocycles. The molecule has 0 bridgehead atoms. The lowest BCUT2D eigenvalue weighted by atomic mass is 9.86. The third-order valence-electron chi connectivity index (χ3n) is 6.50. The van der Waals surface area contributed by atoms with Crippen molar-refractivity contribution in [1.29, 1.82) is 0 Å². The van der Waals surface area contributed by atoms with Crippen LogP contribution in [0.4, 0.5) is 0 Å². The minimum atomic E-state index is 0.0122. The van der Waals surface area contributed by atoms with E-state index in [-0.39, 0.29) is 12.2 Å². The highest BCUT2D eigenvalue weighted by atomic mass is 35.5. The third-order valence-corrected chi connectivity index (χ3v) is 6.74. The van der Waals surface area contributed by atoms with Crippen LogP contribution in [0.5, 0.6) is 5.88 Å². The van der Waals surface area contributed by atoms with E-state index in [9.17, 15) is 0 Å². The summed E-state index contributed by atoms with van der Waals surface area (Å²) in [6.07, 6.45) is 7.42. The summed E-state index contributed by atoms with van der Waals surface area (Å²) in [6, 6.07) is 11.8. The molecule has 2 aromatic heterocycles. The summed E-state index contributed by atoms with van der Waals surface area (Å²) < 4.78 is 19.6. The molecule has 33 heavy (non-hydrogen) atoms. The van der Waals surface area contributed by atoms with Gasteiger partial charge in [0.25, 0.3) is 0 Å². The molecular weight excluding hydrogens is 440 g/mol. The Morgan fingerprint density at radius 2 is 1.88 bits per heavy atom. The molecule has 8 heteroatoms. The van der Waals surface area contributed by atoms with E-state index in [1.807, 2.05) is 30.3 Å². The van der Waals surface area contributed by atoms with Crippen molar-refractivity contribution in [2.75, 3.05) is 20.3 Å². The van der Waals surface area contributed by atoms with Gasteiger partial charge in [-0.05, 0) is 55.5 Å². The van der Waals surface area contributed by atoms with Crippen LogP contribution in [-0.2, 0) is 22.3 Å². The predicted octanol–water partition coefficient (Wildman–Crippen LogP) is 4.55. The van der Waals surface area contributed by atoms with Gasteiger partial charge in [-0.2, -0.15) is 0 Å². The van der Waals surface area contributed by atoms with E-state index in [2.05, 4.69) is 25.8 Å². The number of aromatic nitrogens is 4. The second-order valence-corrected chi connectivity index (χ2v) is 9.17. The molecule has 0 spiro atoms. The number of hydrogen-bond acceptors (Lipinski definition) is 6. The van der Waals surface area contributed by atoms with Crippen molar-refractivity contribution in [2.24, 2.45) is 0 Å². The highest BCUT2D eigenvalue weighted by Crippen LogP contribution is 2.37. The van der Waals surface area contributed by atoms with Crippen molar-refractivity contribution in [3.63, 3.8) is 0 Å². The first-order chi connectivity index (χ1) is 16.2. The van der Waals surface area contributed by atoms with Gasteiger partial charge in [-0.25, -0.2) is 4.98 Å². The molecule has 1 saturated carbocycles. The molecule has 7 nitrogen and oxygen atoms in total. The molecule has 2 aliphatic rings. The number of pyridine rings is 1. The fourth-order valence-corrected chi connectivity index (χ4v) is 5.08. The van der Waals surface area contributed by atoms with Crippen LogP contribution in [0, 0.1) is 0 Å². The van der Waals surface area contributed by atoms with Crippen LogP contribution in [0.15, 0.2) is 42.6 Å². The van der Waals surface area contributed by atoms with E-state index in [1.165, 1.54) is 0 Å². The Bertz CT molecular complexity index is 1070. The normalized spacial score (nSPS) is 22.3. The monoisotopic (exact) mass is 468 g/mol. The second-order valence-electron chi connectivity index (χ2n) is 8.74. The summed E-state index contributed by atoms with van der Waals surface area (Å²) in [7, 11) is 1.69. The first kappa shape index (κ1) is 22.3. The Kier molecular flexibility index (Phi) is 6.90. The molecule has 174 valence electrons. The molecule has 3 heterocycles. The number of nitrogens with zero attached hydrogens (tertiary/aromatic N) is 4. The van der Waals surface area contributed by atoms with Gasteiger partial charge in [-0.15, -0.1) is 10.2 Å². The van der Waals surface area contributed by atoms with Gasteiger partial charge >= 0.3 is 0 Å². The summed E-state index contributed by atoms with van der Waals surface area (Å²) in [4.78, 5) is 4.30. The van der Waals surface area contributed by atoms with Crippen molar-refractivity contribution in [2.45, 2.75) is 56.7 Å². The van der Waals surface area contributed by atoms with Gasteiger partial charge in [-0.3, -0.25) is 4.57 Å². The fraction of sp³-hybridized carbons (Fsp3) is 0.480. The largest absolute Gasteiger partial charge is 0.474 e. The van der Waals surface area contributed by atoms with Crippen LogP contribution in [0.1, 0.15) is 48.8 Å². The number of benzene rings is 1. The first-order valence-corrected chi connectivity index (χ1v) is 12.0. The zero-order valence-corrected chi connectivity index (χ0v) is 19.6. The average Bonchev–Trinajstić information content (AvgIpc) is 3.17. The van der Waals surface area contributed by atoms with E-state index in [1.54, 1.807) is 13.3 Å². The van der Waals surface area contributed by atoms with Crippen LogP contribution in [0.3, 0.4) is 0 Å². The Labute approximate surface area is 199 Å². The van der Waals surface area contributed by atoms with Gasteiger partial charge < -0.3 is 14.2 Å². The topological polar surface area (TPSA) is 71.3 Å². The van der Waals surface area contributed by atoms with Crippen molar-refractivity contribution < 1.29 is 14.2 Å². The molecule has 1 atom stereocenters. The summed E-state index contributed by atoms with van der Waals surface area (Å²) in [6.45, 7) is 1.12. The van der Waals surface area contributed by atoms with Gasteiger partial charge in [0.05, 0.1) is 25.0 Å². The van der Waals surface area contributed by atoms with Gasteiger partial charge in [0.2, 0.25) is 5.88 Å². The first-order valence-electron chi connectivity index (χ1n) is 11.6. The van der Waals surface area contributed by atoms with Crippen LogP contribution in [0.2, 0.25) is 5.02 Å². The van der Waals surface area contributed by atoms with E-state index in [4.69, 9.17) is 25.8 Å². The smallest absolute Gasteiger partial charge is 0.213 e. The molecule has 1 fully saturated rings. The van der Waals surface area contributed by atoms with Crippen molar-refractivity contribution >= 4 is 11.6 Å². The fourth-order valence-electron chi connectivity index (χ4n) is 4.89. The van der Waals surface area contributed by atoms with Crippen LogP contribution < -0.4 is 4.74 Å². The predicted molar refractivity (Wildman–Crippen MR) is 125 cm³/mol. The van der Waals surface area contributed by atoms with Crippen LogP contribution in [0.25, 0.3) is 5.69 Å². The quantitative estimate of drug-likeness (QED) is 0.474. The molecule has 0 amide bonds. The molecular formula is C25H29ClN4O3. The highest BCUT2D eigenvalue weighted by Gasteiger charge is 2.32. The SMILES string of the molecule is COCCOC1Cc2cc(Cl)ccc2-n2c(nnc2[C@H]2CC[C@H](Oc3ccccn3)CC2)C1. The van der Waals surface area contributed by atoms with Crippen LogP contribution >= 0.6 is 11.6 Å². The maximum absolute atomic E-state index is 6.36. The Morgan fingerprint density at radius 3 is 2.67 bits per heavy atom. The minimum absolute atomic E-state index is 0.0122. The number of methoxy groups -OCH3 is 1. The zero-order chi connectivity index (χ0) is 22.6. The highest BCUT2D eigenvalue weighted by molar-refractivity contribution is 6.30. The van der Waals surface area contributed by atoms with Crippen molar-refractivity contribution in [1.82, 2.24) is 19.7 Å². The standard InChI is InChI=1S/C25H29ClN4O3/c1-31-12-13-32-21-15-18-14-19(26)7-10-22(18)30-23(16-21)28-29-25(30)17-5-8-20(9-6-17)33-24-4-2-3-11-27-24/h2-4,7,10-11,14,17,20-21H,5-6,8-9,12-13,15-16H2,1H3/t17-,20-,21?. The summed E-state index contributed by atoms with van der Waals surface area (Å²) in [5, 5.41) is 10.0. The maximum atomic E-state index is 6.36. The van der Waals surface area contributed by atoms with Gasteiger partial charge in [-0.1, -0.05) is 17.7 Å². The number of ether oxygens (including phenoxy) is 3. The van der Waals surface area contributed by atoms with E-state index < -0.39 is 0 Å². The molecule has 0 N–H and O–H groups in total. The Hall–Kier alpha value is -2.48. The number of hydrogen-bond donors (Lipinski definition) is 0. The Morgan fingerprint density at radius 1 is 1.00 bits per heavy atom. The van der Waals surface area contributed by atoms with E-state index >= 15 is 0 Å². The van der Waals surface area contributed by atoms with E-state index in [0.29, 0.717) is 31.4 Å². The number of rotatable bonds is 7. The van der Waals surface area contributed by atoms with Gasteiger partial charge in [0, 0.05) is 43.2 Å². The maximum Gasteiger partial charge on any atom is 0.213 e. The molecule has 1 unspecified atom stereocenters. The average molecular weight is 469 g/mol. The lowest BCUT2D eigenvalue weighted by Crippen LogP contribution is -2.25. The van der Waals surface area contributed by atoms with Gasteiger partial charge in [0.1, 0.15) is 17.8 Å². The van der Waals surface area contributed by atoms with Gasteiger partial charge in [0.15, 0.2) is 0 Å². The molecule has 3 aromatic rings. The summed E-state index contributed by atoms with van der Waals surface area (Å²) in [5.74, 6) is 3.01. The summed E-state index contributed by atoms with van der Waals surface area (Å²) in [5.41, 5.74) is 2.27. The molecule has 0 radical (unpaired) electrons. The number of fused-ring (bicyclic) bond motifs is 3. The van der Waals surface area contributed by atoms with Crippen LogP contribution in [-0.4, -0.2) is 52.3 Å². The Balaban J connectivity index is 1.36. The minimum Gasteiger partial charge on any atom is -0.474 e. The summed E-state index contributed by atoms with van der Waals surface area (Å²) >= 11 is 6.36. The molecule has 5 rings (SSSR count). The molecule has 0 saturated heterocycles. The van der Waals surface area contributed by atoms with E-state index in [0.717, 1.165) is 60.0 Å². The number of halogens is 1. The van der Waals surface area contributed by atoms with Crippen molar-refractivity contribution in [3.05, 3.63) is 64.8 Å². The van der Waals surface area contributed by atoms with Crippen molar-refractivity contribution in [3.8, 4) is 11.6 Å².